The number of nitrogens with one attached hydrogen (secondary N) is 2. The van der Waals surface area contributed by atoms with E-state index < -0.39 is 17.9 Å². The maximum Gasteiger partial charge on any atom is 0.276 e. The van der Waals surface area contributed by atoms with Crippen molar-refractivity contribution in [3.8, 4) is 0 Å². The topological polar surface area (TPSA) is 127 Å². The fourth-order valence-electron chi connectivity index (χ4n) is 5.80. The van der Waals surface area contributed by atoms with Crippen LogP contribution in [0.5, 0.6) is 0 Å². The number of hydrogen-bond acceptors (Lipinski definition) is 7. The Hall–Kier alpha value is -3.44. The molecular weight excluding hydrogens is 508 g/mol. The Labute approximate surface area is 224 Å². The van der Waals surface area contributed by atoms with Gasteiger partial charge >= 0.3 is 0 Å². The number of carbonyl (C=O) groups excluding carboxylic acids is 2. The van der Waals surface area contributed by atoms with Gasteiger partial charge in [-0.3, -0.25) is 9.59 Å². The van der Waals surface area contributed by atoms with Crippen molar-refractivity contribution in [2.75, 3.05) is 0 Å². The summed E-state index contributed by atoms with van der Waals surface area (Å²) in [6.45, 7) is 1.61. The molecule has 0 spiro atoms. The Bertz CT molecular complexity index is 1350. The average Bonchev–Trinajstić information content (AvgIpc) is 3.49. The second kappa shape index (κ2) is 10.3. The quantitative estimate of drug-likeness (QED) is 0.409. The van der Waals surface area contributed by atoms with Crippen molar-refractivity contribution in [2.45, 2.75) is 89.1 Å². The number of imidazole rings is 1. The standard InChI is InChI=1S/C27H33F2N7O3/c1-15-23(35-39-34-15)26(38)33-25(18-7-9-27(28,29)10-8-18)20-14-36-21(31-20)12-19(13-30-36)24(17-5-6-17)32-22(37)11-16-3-2-4-16/h12-14,16-18,24-25H,2-11H2,1H3,(H,32,37)(H,33,38)/t24-,25+/m1/s1. The number of rotatable bonds is 9. The van der Waals surface area contributed by atoms with Gasteiger partial charge in [-0.25, -0.2) is 22.9 Å². The predicted molar refractivity (Wildman–Crippen MR) is 135 cm³/mol. The molecule has 3 aromatic heterocycles. The molecule has 0 aliphatic heterocycles. The first-order valence-electron chi connectivity index (χ1n) is 13.9. The molecule has 3 saturated carbocycles. The molecule has 2 amide bonds. The van der Waals surface area contributed by atoms with Crippen LogP contribution in [0.4, 0.5) is 8.78 Å². The highest BCUT2D eigenvalue weighted by atomic mass is 19.3. The number of carbonyl (C=O) groups is 2. The van der Waals surface area contributed by atoms with Gasteiger partial charge in [-0.1, -0.05) is 11.6 Å². The van der Waals surface area contributed by atoms with Crippen LogP contribution in [0.15, 0.2) is 23.1 Å². The molecule has 0 radical (unpaired) electrons. The zero-order valence-electron chi connectivity index (χ0n) is 21.9. The zero-order valence-corrected chi connectivity index (χ0v) is 21.9. The van der Waals surface area contributed by atoms with Gasteiger partial charge in [0.05, 0.1) is 30.2 Å². The maximum atomic E-state index is 13.9. The van der Waals surface area contributed by atoms with Crippen molar-refractivity contribution < 1.29 is 23.0 Å². The van der Waals surface area contributed by atoms with Crippen LogP contribution in [0, 0.1) is 24.7 Å². The van der Waals surface area contributed by atoms with Crippen LogP contribution in [-0.2, 0) is 4.79 Å². The minimum Gasteiger partial charge on any atom is -0.349 e. The molecule has 3 aliphatic carbocycles. The number of hydrogen-bond donors (Lipinski definition) is 2. The van der Waals surface area contributed by atoms with E-state index in [4.69, 9.17) is 4.98 Å². The van der Waals surface area contributed by atoms with E-state index in [0.717, 1.165) is 31.2 Å². The molecule has 0 unspecified atom stereocenters. The van der Waals surface area contributed by atoms with Gasteiger partial charge in [0.15, 0.2) is 11.3 Å². The minimum atomic E-state index is -2.70. The summed E-state index contributed by atoms with van der Waals surface area (Å²) in [5.41, 5.74) is 2.39. The van der Waals surface area contributed by atoms with Crippen LogP contribution >= 0.6 is 0 Å². The number of nitrogens with zero attached hydrogens (tertiary/aromatic N) is 5. The number of halogens is 2. The van der Waals surface area contributed by atoms with E-state index in [0.29, 0.717) is 35.3 Å². The normalized spacial score (nSPS) is 21.3. The third-order valence-electron chi connectivity index (χ3n) is 8.53. The molecule has 3 fully saturated rings. The van der Waals surface area contributed by atoms with Crippen LogP contribution in [0.25, 0.3) is 5.65 Å². The van der Waals surface area contributed by atoms with Gasteiger partial charge in [0, 0.05) is 19.3 Å². The number of aromatic nitrogens is 5. The van der Waals surface area contributed by atoms with E-state index in [1.54, 1.807) is 23.8 Å². The molecule has 10 nitrogen and oxygen atoms in total. The van der Waals surface area contributed by atoms with E-state index in [1.807, 2.05) is 6.07 Å². The Morgan fingerprint density at radius 2 is 1.82 bits per heavy atom. The lowest BCUT2D eigenvalue weighted by atomic mass is 9.81. The first-order valence-corrected chi connectivity index (χ1v) is 13.9. The summed E-state index contributed by atoms with van der Waals surface area (Å²) in [7, 11) is 0. The fourth-order valence-corrected chi connectivity index (χ4v) is 5.80. The second-order valence-corrected chi connectivity index (χ2v) is 11.5. The van der Waals surface area contributed by atoms with E-state index in [-0.39, 0.29) is 49.2 Å². The molecular formula is C27H33F2N7O3. The van der Waals surface area contributed by atoms with Gasteiger partial charge in [0.1, 0.15) is 5.69 Å². The van der Waals surface area contributed by atoms with Crippen LogP contribution in [0.3, 0.4) is 0 Å². The van der Waals surface area contributed by atoms with Gasteiger partial charge in [-0.05, 0) is 80.0 Å². The van der Waals surface area contributed by atoms with Gasteiger partial charge < -0.3 is 10.6 Å². The summed E-state index contributed by atoms with van der Waals surface area (Å²) >= 11 is 0. The molecule has 6 rings (SSSR count). The minimum absolute atomic E-state index is 0.0511. The van der Waals surface area contributed by atoms with Crippen LogP contribution in [0.1, 0.15) is 104 Å². The zero-order chi connectivity index (χ0) is 27.1. The fraction of sp³-hybridized carbons (Fsp3) is 0.630. The van der Waals surface area contributed by atoms with E-state index in [2.05, 4.69) is 30.7 Å². The Morgan fingerprint density at radius 1 is 1.08 bits per heavy atom. The average molecular weight is 542 g/mol. The number of amides is 2. The summed E-state index contributed by atoms with van der Waals surface area (Å²) in [6, 6.07) is 1.19. The molecule has 0 bridgehead atoms. The Balaban J connectivity index is 1.25. The highest BCUT2D eigenvalue weighted by molar-refractivity contribution is 5.93. The Morgan fingerprint density at radius 3 is 2.46 bits per heavy atom. The summed E-state index contributed by atoms with van der Waals surface area (Å²) in [5.74, 6) is -2.48. The van der Waals surface area contributed by atoms with Crippen molar-refractivity contribution in [1.82, 2.24) is 35.5 Å². The summed E-state index contributed by atoms with van der Waals surface area (Å²) in [4.78, 5) is 30.5. The van der Waals surface area contributed by atoms with Crippen LogP contribution in [-0.4, -0.2) is 42.6 Å². The van der Waals surface area contributed by atoms with E-state index in [1.165, 1.54) is 6.42 Å². The summed E-state index contributed by atoms with van der Waals surface area (Å²) < 4.78 is 34.2. The lowest BCUT2D eigenvalue weighted by Gasteiger charge is -2.33. The molecule has 0 saturated heterocycles. The van der Waals surface area contributed by atoms with Crippen molar-refractivity contribution in [3.05, 3.63) is 41.1 Å². The first kappa shape index (κ1) is 25.8. The molecule has 2 N–H and O–H groups in total. The van der Waals surface area contributed by atoms with Crippen molar-refractivity contribution >= 4 is 17.5 Å². The molecule has 12 heteroatoms. The maximum absolute atomic E-state index is 13.9. The number of alkyl halides is 2. The molecule has 3 aromatic rings. The van der Waals surface area contributed by atoms with Gasteiger partial charge in [-0.2, -0.15) is 5.10 Å². The smallest absolute Gasteiger partial charge is 0.276 e. The third kappa shape index (κ3) is 5.65. The SMILES string of the molecule is Cc1nonc1C(=O)N[C@H](c1cn2ncc([C@H](NC(=O)CC3CCC3)C3CC3)cc2n1)C1CCC(F)(F)CC1. The summed E-state index contributed by atoms with van der Waals surface area (Å²) in [5, 5.41) is 18.1. The molecule has 208 valence electrons. The second-order valence-electron chi connectivity index (χ2n) is 11.5. The molecule has 2 atom stereocenters. The van der Waals surface area contributed by atoms with Crippen LogP contribution in [0.2, 0.25) is 0 Å². The van der Waals surface area contributed by atoms with Gasteiger partial charge in [0.2, 0.25) is 11.8 Å². The molecule has 3 heterocycles. The first-order chi connectivity index (χ1) is 18.8. The highest BCUT2D eigenvalue weighted by Crippen LogP contribution is 2.43. The van der Waals surface area contributed by atoms with E-state index >= 15 is 0 Å². The highest BCUT2D eigenvalue weighted by Gasteiger charge is 2.40. The van der Waals surface area contributed by atoms with E-state index in [9.17, 15) is 18.4 Å². The monoisotopic (exact) mass is 541 g/mol. The lowest BCUT2D eigenvalue weighted by molar-refractivity contribution is -0.123. The predicted octanol–water partition coefficient (Wildman–Crippen LogP) is 4.47. The summed E-state index contributed by atoms with van der Waals surface area (Å²) in [6.07, 6.45) is 9.60. The van der Waals surface area contributed by atoms with Crippen molar-refractivity contribution in [1.29, 1.82) is 0 Å². The molecule has 3 aliphatic rings. The molecule has 0 aromatic carbocycles. The van der Waals surface area contributed by atoms with Crippen molar-refractivity contribution in [3.63, 3.8) is 0 Å². The number of aryl methyl sites for hydroxylation is 1. The molecule has 39 heavy (non-hydrogen) atoms. The van der Waals surface area contributed by atoms with Crippen molar-refractivity contribution in [2.24, 2.45) is 17.8 Å². The Kier molecular flexibility index (Phi) is 6.80. The van der Waals surface area contributed by atoms with Crippen LogP contribution < -0.4 is 10.6 Å². The lowest BCUT2D eigenvalue weighted by Crippen LogP contribution is -2.37. The largest absolute Gasteiger partial charge is 0.349 e. The number of fused-ring (bicyclic) bond motifs is 1. The van der Waals surface area contributed by atoms with Gasteiger partial charge in [0.25, 0.3) is 5.91 Å². The third-order valence-corrected chi connectivity index (χ3v) is 8.53. The van der Waals surface area contributed by atoms with Gasteiger partial charge in [-0.15, -0.1) is 0 Å².